The van der Waals surface area contributed by atoms with E-state index in [-0.39, 0.29) is 24.4 Å². The fraction of sp³-hybridized carbons (Fsp3) is 0.400. The van der Waals surface area contributed by atoms with Gasteiger partial charge in [-0.2, -0.15) is 13.2 Å². The number of benzene rings is 1. The van der Waals surface area contributed by atoms with Gasteiger partial charge in [-0.3, -0.25) is 4.79 Å². The molecule has 1 aromatic heterocycles. The molecule has 0 radical (unpaired) electrons. The van der Waals surface area contributed by atoms with Crippen LogP contribution in [-0.2, 0) is 11.3 Å². The Morgan fingerprint density at radius 3 is 2.79 bits per heavy atom. The third kappa shape index (κ3) is 6.94. The number of pyridine rings is 1. The highest BCUT2D eigenvalue weighted by Crippen LogP contribution is 2.18. The molecule has 0 spiro atoms. The summed E-state index contributed by atoms with van der Waals surface area (Å²) in [6.07, 6.45) is -0.984. The van der Waals surface area contributed by atoms with E-state index in [4.69, 9.17) is 9.47 Å². The Balaban J connectivity index is 1.48. The van der Waals surface area contributed by atoms with Crippen LogP contribution in [0.2, 0.25) is 0 Å². The monoisotopic (exact) mass is 410 g/mol. The first kappa shape index (κ1) is 20.9. The van der Waals surface area contributed by atoms with E-state index in [0.717, 1.165) is 19.4 Å². The van der Waals surface area contributed by atoms with Gasteiger partial charge in [-0.05, 0) is 36.6 Å². The summed E-state index contributed by atoms with van der Waals surface area (Å²) in [5.41, 5.74) is 1.07. The second-order valence-corrected chi connectivity index (χ2v) is 6.57. The van der Waals surface area contributed by atoms with Crippen molar-refractivity contribution in [3.8, 4) is 11.6 Å². The van der Waals surface area contributed by atoms with Crippen molar-refractivity contribution in [1.82, 2.24) is 10.3 Å². The summed E-state index contributed by atoms with van der Waals surface area (Å²) in [4.78, 5) is 16.2. The molecule has 1 unspecified atom stereocenters. The number of rotatable bonds is 8. The molecule has 3 rings (SSSR count). The van der Waals surface area contributed by atoms with Crippen molar-refractivity contribution < 1.29 is 32.2 Å². The van der Waals surface area contributed by atoms with Crippen molar-refractivity contribution in [2.45, 2.75) is 31.7 Å². The number of amides is 1. The predicted molar refractivity (Wildman–Crippen MR) is 97.9 cm³/mol. The zero-order valence-corrected chi connectivity index (χ0v) is 15.6. The number of hydrogen-bond acceptors (Lipinski definition) is 5. The molecule has 2 aromatic rings. The highest BCUT2D eigenvalue weighted by atomic mass is 19.4. The summed E-state index contributed by atoms with van der Waals surface area (Å²) >= 11 is 0. The van der Waals surface area contributed by atoms with Gasteiger partial charge in [0.1, 0.15) is 12.4 Å². The summed E-state index contributed by atoms with van der Waals surface area (Å²) in [6.45, 7) is -0.0337. The molecule has 0 bridgehead atoms. The van der Waals surface area contributed by atoms with Crippen LogP contribution in [0.4, 0.5) is 13.2 Å². The number of alkyl halides is 3. The maximum atomic E-state index is 12.3. The van der Waals surface area contributed by atoms with E-state index >= 15 is 0 Å². The molecule has 0 saturated carbocycles. The molecule has 6 nitrogen and oxygen atoms in total. The van der Waals surface area contributed by atoms with Crippen LogP contribution in [0.1, 0.15) is 28.8 Å². The molecular formula is C20H21F3N2O4. The van der Waals surface area contributed by atoms with Gasteiger partial charge in [0, 0.05) is 31.0 Å². The number of nitrogens with zero attached hydrogens (tertiary/aromatic N) is 1. The van der Waals surface area contributed by atoms with Crippen molar-refractivity contribution in [3.05, 3.63) is 53.7 Å². The minimum Gasteiger partial charge on any atom is -0.491 e. The first-order valence-electron chi connectivity index (χ1n) is 9.16. The smallest absolute Gasteiger partial charge is 0.422 e. The zero-order valence-electron chi connectivity index (χ0n) is 15.6. The molecule has 1 saturated heterocycles. The Kier molecular flexibility index (Phi) is 6.92. The van der Waals surface area contributed by atoms with Crippen molar-refractivity contribution in [3.63, 3.8) is 0 Å². The van der Waals surface area contributed by atoms with Crippen molar-refractivity contribution in [2.75, 3.05) is 19.8 Å². The Labute approximate surface area is 166 Å². The molecule has 1 N–H and O–H groups in total. The van der Waals surface area contributed by atoms with Gasteiger partial charge in [0.05, 0.1) is 6.10 Å². The second kappa shape index (κ2) is 9.60. The predicted octanol–water partition coefficient (Wildman–Crippen LogP) is 3.51. The van der Waals surface area contributed by atoms with Crippen LogP contribution in [0.15, 0.2) is 42.6 Å². The molecule has 1 atom stereocenters. The number of hydrogen-bond donors (Lipinski definition) is 1. The Bertz CT molecular complexity index is 806. The Hall–Kier alpha value is -2.81. The molecule has 29 heavy (non-hydrogen) atoms. The summed E-state index contributed by atoms with van der Waals surface area (Å²) < 4.78 is 52.1. The number of ether oxygens (including phenoxy) is 3. The lowest BCUT2D eigenvalue weighted by atomic mass is 10.2. The van der Waals surface area contributed by atoms with E-state index in [1.165, 1.54) is 12.3 Å². The third-order valence-electron chi connectivity index (χ3n) is 4.19. The largest absolute Gasteiger partial charge is 0.491 e. The van der Waals surface area contributed by atoms with Crippen molar-refractivity contribution in [1.29, 1.82) is 0 Å². The molecule has 2 heterocycles. The Morgan fingerprint density at radius 1 is 1.24 bits per heavy atom. The van der Waals surface area contributed by atoms with Gasteiger partial charge in [0.2, 0.25) is 5.88 Å². The molecule has 1 aliphatic rings. The summed E-state index contributed by atoms with van der Waals surface area (Å²) in [5.74, 6) is 0.152. The maximum absolute atomic E-state index is 12.3. The van der Waals surface area contributed by atoms with Gasteiger partial charge in [-0.1, -0.05) is 12.1 Å². The first-order chi connectivity index (χ1) is 13.9. The van der Waals surface area contributed by atoms with Gasteiger partial charge in [0.25, 0.3) is 5.91 Å². The standard InChI is InChI=1S/C20H21F3N2O4/c21-20(22,23)13-29-18-7-6-14(10-24-18)11-25-19(26)15-3-1-4-16(9-15)28-12-17-5-2-8-27-17/h1,3-4,6-7,9-10,17H,2,5,8,11-13H2,(H,25,26). The van der Waals surface area contributed by atoms with Gasteiger partial charge in [-0.15, -0.1) is 0 Å². The summed E-state index contributed by atoms with van der Waals surface area (Å²) in [7, 11) is 0. The topological polar surface area (TPSA) is 69.7 Å². The average Bonchev–Trinajstić information content (AvgIpc) is 3.23. The van der Waals surface area contributed by atoms with Gasteiger partial charge < -0.3 is 19.5 Å². The molecular weight excluding hydrogens is 389 g/mol. The molecule has 156 valence electrons. The van der Waals surface area contributed by atoms with Gasteiger partial charge >= 0.3 is 6.18 Å². The molecule has 1 aliphatic heterocycles. The number of nitrogens with one attached hydrogen (secondary N) is 1. The fourth-order valence-electron chi connectivity index (χ4n) is 2.73. The van der Waals surface area contributed by atoms with Crippen LogP contribution < -0.4 is 14.8 Å². The van der Waals surface area contributed by atoms with Crippen molar-refractivity contribution in [2.24, 2.45) is 0 Å². The van der Waals surface area contributed by atoms with E-state index in [1.54, 1.807) is 30.3 Å². The molecule has 1 aromatic carbocycles. The average molecular weight is 410 g/mol. The summed E-state index contributed by atoms with van der Waals surface area (Å²) in [5, 5.41) is 2.74. The van der Waals surface area contributed by atoms with Crippen LogP contribution >= 0.6 is 0 Å². The van der Waals surface area contributed by atoms with E-state index in [9.17, 15) is 18.0 Å². The quantitative estimate of drug-likeness (QED) is 0.721. The summed E-state index contributed by atoms with van der Waals surface area (Å²) in [6, 6.07) is 9.69. The maximum Gasteiger partial charge on any atom is 0.422 e. The van der Waals surface area contributed by atoms with Crippen LogP contribution in [0.5, 0.6) is 11.6 Å². The molecule has 1 fully saturated rings. The van der Waals surface area contributed by atoms with Crippen LogP contribution in [-0.4, -0.2) is 43.0 Å². The number of aromatic nitrogens is 1. The highest BCUT2D eigenvalue weighted by molar-refractivity contribution is 5.94. The van der Waals surface area contributed by atoms with Crippen molar-refractivity contribution >= 4 is 5.91 Å². The third-order valence-corrected chi connectivity index (χ3v) is 4.19. The molecule has 1 amide bonds. The van der Waals surface area contributed by atoms with E-state index in [1.807, 2.05) is 0 Å². The first-order valence-corrected chi connectivity index (χ1v) is 9.16. The lowest BCUT2D eigenvalue weighted by molar-refractivity contribution is -0.154. The SMILES string of the molecule is O=C(NCc1ccc(OCC(F)(F)F)nc1)c1cccc(OCC2CCCO2)c1. The minimum atomic E-state index is -4.42. The Morgan fingerprint density at radius 2 is 2.10 bits per heavy atom. The van der Waals surface area contributed by atoms with Crippen LogP contribution in [0, 0.1) is 0 Å². The number of carbonyl (C=O) groups is 1. The highest BCUT2D eigenvalue weighted by Gasteiger charge is 2.28. The lowest BCUT2D eigenvalue weighted by Crippen LogP contribution is -2.23. The normalized spacial score (nSPS) is 16.4. The lowest BCUT2D eigenvalue weighted by Gasteiger charge is -2.12. The number of carbonyl (C=O) groups excluding carboxylic acids is 1. The van der Waals surface area contributed by atoms with Crippen LogP contribution in [0.25, 0.3) is 0 Å². The van der Waals surface area contributed by atoms with Crippen LogP contribution in [0.3, 0.4) is 0 Å². The minimum absolute atomic E-state index is 0.0862. The molecule has 0 aliphatic carbocycles. The zero-order chi connectivity index (χ0) is 20.7. The van der Waals surface area contributed by atoms with Gasteiger partial charge in [-0.25, -0.2) is 4.98 Å². The van der Waals surface area contributed by atoms with Gasteiger partial charge in [0.15, 0.2) is 6.61 Å². The number of halogens is 3. The molecule has 9 heteroatoms. The van der Waals surface area contributed by atoms with E-state index < -0.39 is 12.8 Å². The van der Waals surface area contributed by atoms with E-state index in [2.05, 4.69) is 15.0 Å². The van der Waals surface area contributed by atoms with E-state index in [0.29, 0.717) is 23.5 Å². The fourth-order valence-corrected chi connectivity index (χ4v) is 2.73. The second-order valence-electron chi connectivity index (χ2n) is 6.57.